The monoisotopic (exact) mass is 400 g/mol. The molecule has 0 saturated heterocycles. The summed E-state index contributed by atoms with van der Waals surface area (Å²) in [7, 11) is 4.53. The average Bonchev–Trinajstić information content (AvgIpc) is 2.75. The molecule has 2 aromatic rings. The third-order valence-electron chi connectivity index (χ3n) is 4.70. The summed E-state index contributed by atoms with van der Waals surface area (Å²) in [6.45, 7) is 3.74. The zero-order valence-electron chi connectivity index (χ0n) is 17.7. The Morgan fingerprint density at radius 3 is 2.00 bits per heavy atom. The molecule has 0 aliphatic heterocycles. The summed E-state index contributed by atoms with van der Waals surface area (Å²) in [5, 5.41) is 0. The highest BCUT2D eigenvalue weighted by Gasteiger charge is 2.17. The van der Waals surface area contributed by atoms with E-state index in [2.05, 4.69) is 0 Å². The minimum atomic E-state index is -0.502. The SMILES string of the molecule is CCc1ccc(CC)c(C(=O)COC(=O)Cc2cc(OC)c(OC)c(OC)c2)c1. The number of ether oxygens (including phenoxy) is 4. The molecule has 0 amide bonds. The maximum Gasteiger partial charge on any atom is 0.310 e. The van der Waals surface area contributed by atoms with E-state index < -0.39 is 5.97 Å². The van der Waals surface area contributed by atoms with Gasteiger partial charge in [0.15, 0.2) is 18.1 Å². The number of rotatable bonds is 10. The summed E-state index contributed by atoms with van der Waals surface area (Å²) in [4.78, 5) is 24.9. The molecule has 0 aliphatic carbocycles. The van der Waals surface area contributed by atoms with Crippen molar-refractivity contribution in [2.24, 2.45) is 0 Å². The van der Waals surface area contributed by atoms with E-state index in [1.165, 1.54) is 21.3 Å². The quantitative estimate of drug-likeness (QED) is 0.446. The zero-order valence-corrected chi connectivity index (χ0v) is 17.7. The summed E-state index contributed by atoms with van der Waals surface area (Å²) >= 11 is 0. The van der Waals surface area contributed by atoms with Crippen molar-refractivity contribution in [1.29, 1.82) is 0 Å². The average molecular weight is 400 g/mol. The summed E-state index contributed by atoms with van der Waals surface area (Å²) < 4.78 is 21.1. The Bertz CT molecular complexity index is 847. The first-order valence-corrected chi connectivity index (χ1v) is 9.56. The highest BCUT2D eigenvalue weighted by molar-refractivity contribution is 5.99. The maximum absolute atomic E-state index is 12.6. The van der Waals surface area contributed by atoms with Crippen LogP contribution < -0.4 is 14.2 Å². The van der Waals surface area contributed by atoms with Gasteiger partial charge < -0.3 is 18.9 Å². The number of carbonyl (C=O) groups is 2. The van der Waals surface area contributed by atoms with Crippen LogP contribution in [0.15, 0.2) is 30.3 Å². The van der Waals surface area contributed by atoms with E-state index in [-0.39, 0.29) is 18.8 Å². The van der Waals surface area contributed by atoms with Crippen molar-refractivity contribution in [3.8, 4) is 17.2 Å². The molecule has 0 saturated carbocycles. The molecule has 0 N–H and O–H groups in total. The zero-order chi connectivity index (χ0) is 21.4. The van der Waals surface area contributed by atoms with Gasteiger partial charge in [-0.3, -0.25) is 9.59 Å². The fraction of sp³-hybridized carbons (Fsp3) is 0.391. The third kappa shape index (κ3) is 5.50. The number of methoxy groups -OCH3 is 3. The van der Waals surface area contributed by atoms with Crippen LogP contribution in [0.3, 0.4) is 0 Å². The minimum Gasteiger partial charge on any atom is -0.493 e. The fourth-order valence-electron chi connectivity index (χ4n) is 3.09. The number of esters is 1. The number of Topliss-reactive ketones (excluding diaryl/α,β-unsaturated/α-hetero) is 1. The van der Waals surface area contributed by atoms with Gasteiger partial charge in [-0.25, -0.2) is 0 Å². The predicted molar refractivity (Wildman–Crippen MR) is 110 cm³/mol. The molecule has 156 valence electrons. The minimum absolute atomic E-state index is 0.0143. The lowest BCUT2D eigenvalue weighted by Crippen LogP contribution is -2.17. The van der Waals surface area contributed by atoms with E-state index in [0.717, 1.165) is 24.0 Å². The van der Waals surface area contributed by atoms with Crippen LogP contribution in [0.25, 0.3) is 0 Å². The second kappa shape index (κ2) is 10.5. The second-order valence-corrected chi connectivity index (χ2v) is 6.49. The van der Waals surface area contributed by atoms with E-state index in [1.54, 1.807) is 12.1 Å². The highest BCUT2D eigenvalue weighted by Crippen LogP contribution is 2.38. The molecular weight excluding hydrogens is 372 g/mol. The van der Waals surface area contributed by atoms with E-state index in [4.69, 9.17) is 18.9 Å². The first-order valence-electron chi connectivity index (χ1n) is 9.56. The number of carbonyl (C=O) groups excluding carboxylic acids is 2. The standard InChI is InChI=1S/C23H28O6/c1-6-15-8-9-17(7-2)18(10-15)19(24)14-29-22(25)13-16-11-20(26-3)23(28-5)21(12-16)27-4/h8-12H,6-7,13-14H2,1-5H3. The largest absolute Gasteiger partial charge is 0.493 e. The second-order valence-electron chi connectivity index (χ2n) is 6.49. The van der Waals surface area contributed by atoms with E-state index in [1.807, 2.05) is 32.0 Å². The Morgan fingerprint density at radius 2 is 1.48 bits per heavy atom. The van der Waals surface area contributed by atoms with Crippen molar-refractivity contribution in [1.82, 2.24) is 0 Å². The molecule has 2 rings (SSSR count). The van der Waals surface area contributed by atoms with Crippen molar-refractivity contribution >= 4 is 11.8 Å². The molecule has 0 heterocycles. The molecule has 0 atom stereocenters. The lowest BCUT2D eigenvalue weighted by molar-refractivity contribution is -0.141. The van der Waals surface area contributed by atoms with Crippen LogP contribution in [0.1, 0.15) is 40.9 Å². The molecule has 0 spiro atoms. The lowest BCUT2D eigenvalue weighted by Gasteiger charge is -2.14. The van der Waals surface area contributed by atoms with E-state index in [9.17, 15) is 9.59 Å². The van der Waals surface area contributed by atoms with Gasteiger partial charge in [0.25, 0.3) is 0 Å². The Balaban J connectivity index is 2.08. The molecule has 29 heavy (non-hydrogen) atoms. The van der Waals surface area contributed by atoms with Gasteiger partial charge in [0.2, 0.25) is 11.5 Å². The van der Waals surface area contributed by atoms with Crippen LogP contribution in [0.2, 0.25) is 0 Å². The third-order valence-corrected chi connectivity index (χ3v) is 4.70. The molecule has 0 aromatic heterocycles. The van der Waals surface area contributed by atoms with Crippen LogP contribution in [0, 0.1) is 0 Å². The summed E-state index contributed by atoms with van der Waals surface area (Å²) in [6, 6.07) is 9.23. The van der Waals surface area contributed by atoms with Gasteiger partial charge in [-0.15, -0.1) is 0 Å². The number of benzene rings is 2. The van der Waals surface area contributed by atoms with Crippen LogP contribution in [-0.2, 0) is 28.8 Å². The summed E-state index contributed by atoms with van der Waals surface area (Å²) in [5.41, 5.74) is 3.29. The van der Waals surface area contributed by atoms with Crippen molar-refractivity contribution in [2.75, 3.05) is 27.9 Å². The number of ketones is 1. The maximum atomic E-state index is 12.6. The molecule has 2 aromatic carbocycles. The highest BCUT2D eigenvalue weighted by atomic mass is 16.5. The molecule has 0 bridgehead atoms. The molecule has 0 radical (unpaired) electrons. The first-order chi connectivity index (χ1) is 14.0. The molecule has 6 heteroatoms. The summed E-state index contributed by atoms with van der Waals surface area (Å²) in [6.07, 6.45) is 1.56. The molecule has 0 aliphatic rings. The number of hydrogen-bond acceptors (Lipinski definition) is 6. The molecule has 6 nitrogen and oxygen atoms in total. The van der Waals surface area contributed by atoms with E-state index >= 15 is 0 Å². The van der Waals surface area contributed by atoms with Gasteiger partial charge in [0.1, 0.15) is 0 Å². The van der Waals surface area contributed by atoms with Crippen LogP contribution in [0.5, 0.6) is 17.2 Å². The Labute approximate surface area is 171 Å². The van der Waals surface area contributed by atoms with Gasteiger partial charge >= 0.3 is 5.97 Å². The van der Waals surface area contributed by atoms with E-state index in [0.29, 0.717) is 28.4 Å². The summed E-state index contributed by atoms with van der Waals surface area (Å²) in [5.74, 6) is 0.655. The smallest absolute Gasteiger partial charge is 0.310 e. The first kappa shape index (κ1) is 22.3. The molecular formula is C23H28O6. The topological polar surface area (TPSA) is 71.1 Å². The lowest BCUT2D eigenvalue weighted by atomic mass is 9.98. The van der Waals surface area contributed by atoms with Crippen LogP contribution in [-0.4, -0.2) is 39.7 Å². The number of aryl methyl sites for hydroxylation is 2. The molecule has 0 unspecified atom stereocenters. The van der Waals surface area contributed by atoms with Gasteiger partial charge in [0.05, 0.1) is 27.8 Å². The normalized spacial score (nSPS) is 10.4. The van der Waals surface area contributed by atoms with Crippen LogP contribution in [0.4, 0.5) is 0 Å². The Kier molecular flexibility index (Phi) is 8.07. The van der Waals surface area contributed by atoms with Gasteiger partial charge in [0, 0.05) is 5.56 Å². The van der Waals surface area contributed by atoms with Crippen molar-refractivity contribution in [3.63, 3.8) is 0 Å². The fourth-order valence-corrected chi connectivity index (χ4v) is 3.09. The van der Waals surface area contributed by atoms with Gasteiger partial charge in [-0.1, -0.05) is 26.0 Å². The van der Waals surface area contributed by atoms with Crippen molar-refractivity contribution in [2.45, 2.75) is 33.1 Å². The molecule has 0 fully saturated rings. The van der Waals surface area contributed by atoms with Crippen molar-refractivity contribution in [3.05, 3.63) is 52.6 Å². The van der Waals surface area contributed by atoms with Gasteiger partial charge in [-0.2, -0.15) is 0 Å². The number of hydrogen-bond donors (Lipinski definition) is 0. The van der Waals surface area contributed by atoms with Crippen molar-refractivity contribution < 1.29 is 28.5 Å². The van der Waals surface area contributed by atoms with Crippen LogP contribution >= 0.6 is 0 Å². The Hall–Kier alpha value is -3.02. The predicted octanol–water partition coefficient (Wildman–Crippen LogP) is 3.81. The van der Waals surface area contributed by atoms with Gasteiger partial charge in [-0.05, 0) is 47.7 Å². The Morgan fingerprint density at radius 1 is 0.828 bits per heavy atom.